The van der Waals surface area contributed by atoms with Gasteiger partial charge in [0.25, 0.3) is 0 Å². The first-order valence-electron chi connectivity index (χ1n) is 13.1. The van der Waals surface area contributed by atoms with Crippen LogP contribution in [-0.4, -0.2) is 51.3 Å². The van der Waals surface area contributed by atoms with Crippen LogP contribution >= 0.6 is 11.3 Å². The number of imide groups is 1. The number of anilines is 1. The maximum absolute atomic E-state index is 13.9. The zero-order valence-electron chi connectivity index (χ0n) is 25.3. The van der Waals surface area contributed by atoms with E-state index >= 15 is 0 Å². The largest absolute Gasteiger partial charge is 0.496 e. The van der Waals surface area contributed by atoms with Crippen molar-refractivity contribution in [3.8, 4) is 17.5 Å². The molecular weight excluding hydrogens is 558 g/mol. The van der Waals surface area contributed by atoms with Crippen molar-refractivity contribution in [2.45, 2.75) is 73.5 Å². The molecule has 0 spiro atoms. The number of aldehydes is 1. The maximum Gasteiger partial charge on any atom is 0.425 e. The van der Waals surface area contributed by atoms with E-state index < -0.39 is 23.4 Å². The number of hydrogen-bond donors (Lipinski definition) is 0. The molecular formula is C30H33N5O6S. The Balaban J connectivity index is 2.33. The molecule has 0 saturated heterocycles. The van der Waals surface area contributed by atoms with Crippen LogP contribution in [0, 0.1) is 32.1 Å². The number of carbonyl (C=O) groups is 3. The second-order valence-electron chi connectivity index (χ2n) is 11.7. The highest BCUT2D eigenvalue weighted by atomic mass is 32.1. The molecule has 42 heavy (non-hydrogen) atoms. The second kappa shape index (κ2) is 10.7. The number of aryl methyl sites for hydroxylation is 2. The van der Waals surface area contributed by atoms with Gasteiger partial charge in [0, 0.05) is 5.56 Å². The average Bonchev–Trinajstić information content (AvgIpc) is 3.38. The minimum absolute atomic E-state index is 0.0640. The Morgan fingerprint density at radius 2 is 1.62 bits per heavy atom. The number of nitriles is 1. The van der Waals surface area contributed by atoms with Crippen molar-refractivity contribution >= 4 is 56.9 Å². The van der Waals surface area contributed by atoms with Gasteiger partial charge in [-0.05, 0) is 73.9 Å². The number of thiazole rings is 1. The number of ether oxygens (including phenoxy) is 3. The molecule has 0 N–H and O–H groups in total. The van der Waals surface area contributed by atoms with Crippen molar-refractivity contribution in [1.82, 2.24) is 14.5 Å². The van der Waals surface area contributed by atoms with Crippen molar-refractivity contribution in [3.63, 3.8) is 0 Å². The summed E-state index contributed by atoms with van der Waals surface area (Å²) in [6, 6.07) is 5.76. The smallest absolute Gasteiger partial charge is 0.425 e. The monoisotopic (exact) mass is 591 g/mol. The van der Waals surface area contributed by atoms with Gasteiger partial charge in [-0.1, -0.05) is 6.07 Å². The van der Waals surface area contributed by atoms with E-state index in [4.69, 9.17) is 14.2 Å². The summed E-state index contributed by atoms with van der Waals surface area (Å²) < 4.78 is 19.1. The van der Waals surface area contributed by atoms with E-state index in [0.717, 1.165) is 5.56 Å². The SMILES string of the molecule is COc1ccc(C)c(-n2c(N(C(=O)OC(C)(C)C)C(=O)OC(C)(C)C)c(C#N)c3c(C=O)nc4nc(C)sc4c32)c1C. The summed E-state index contributed by atoms with van der Waals surface area (Å²) in [5, 5.41) is 11.5. The molecule has 4 aromatic rings. The fourth-order valence-corrected chi connectivity index (χ4v) is 5.61. The zero-order chi connectivity index (χ0) is 31.3. The van der Waals surface area contributed by atoms with Crippen LogP contribution in [-0.2, 0) is 9.47 Å². The van der Waals surface area contributed by atoms with E-state index in [1.807, 2.05) is 19.9 Å². The minimum atomic E-state index is -1.06. The van der Waals surface area contributed by atoms with Gasteiger partial charge in [0.1, 0.15) is 34.3 Å². The number of pyridine rings is 1. The van der Waals surface area contributed by atoms with Gasteiger partial charge in [-0.15, -0.1) is 11.3 Å². The predicted octanol–water partition coefficient (Wildman–Crippen LogP) is 6.93. The summed E-state index contributed by atoms with van der Waals surface area (Å²) in [4.78, 5) is 49.8. The summed E-state index contributed by atoms with van der Waals surface area (Å²) in [6.07, 6.45) is -1.59. The number of aromatic nitrogens is 3. The predicted molar refractivity (Wildman–Crippen MR) is 160 cm³/mol. The van der Waals surface area contributed by atoms with E-state index in [-0.39, 0.29) is 22.5 Å². The third kappa shape index (κ3) is 5.39. The number of hydrogen-bond acceptors (Lipinski definition) is 10. The number of methoxy groups -OCH3 is 1. The number of carbonyl (C=O) groups excluding carboxylic acids is 3. The van der Waals surface area contributed by atoms with Crippen molar-refractivity contribution in [2.24, 2.45) is 0 Å². The highest BCUT2D eigenvalue weighted by Gasteiger charge is 2.40. The number of nitrogens with zero attached hydrogens (tertiary/aromatic N) is 5. The molecule has 12 heteroatoms. The van der Waals surface area contributed by atoms with Crippen molar-refractivity contribution in [2.75, 3.05) is 12.0 Å². The molecule has 0 radical (unpaired) electrons. The molecule has 0 aliphatic carbocycles. The molecule has 4 rings (SSSR count). The van der Waals surface area contributed by atoms with E-state index in [0.29, 0.717) is 49.1 Å². The Labute approximate surface area is 247 Å². The van der Waals surface area contributed by atoms with Crippen LogP contribution in [0.15, 0.2) is 12.1 Å². The molecule has 11 nitrogen and oxygen atoms in total. The standard InChI is InChI=1S/C30H33N5O6S/c1-15-11-12-20(39-10)16(2)22(15)34-23-21(19(14-36)33-25-24(23)42-17(3)32-25)18(13-31)26(34)35(27(37)40-29(4,5)6)28(38)41-30(7,8)9/h11-12,14H,1-10H3. The Morgan fingerprint density at radius 1 is 1.02 bits per heavy atom. The first-order chi connectivity index (χ1) is 19.5. The minimum Gasteiger partial charge on any atom is -0.496 e. The molecule has 0 saturated carbocycles. The highest BCUT2D eigenvalue weighted by Crippen LogP contribution is 2.44. The number of fused-ring (bicyclic) bond motifs is 3. The second-order valence-corrected chi connectivity index (χ2v) is 12.9. The van der Waals surface area contributed by atoms with Gasteiger partial charge in [0.2, 0.25) is 0 Å². The maximum atomic E-state index is 13.9. The van der Waals surface area contributed by atoms with Gasteiger partial charge in [-0.3, -0.25) is 9.36 Å². The average molecular weight is 592 g/mol. The first-order valence-corrected chi connectivity index (χ1v) is 14.0. The third-order valence-electron chi connectivity index (χ3n) is 6.17. The summed E-state index contributed by atoms with van der Waals surface area (Å²) >= 11 is 1.31. The molecule has 3 heterocycles. The Kier molecular flexibility index (Phi) is 7.78. The number of amides is 2. The Morgan fingerprint density at radius 3 is 2.12 bits per heavy atom. The first kappa shape index (κ1) is 30.5. The van der Waals surface area contributed by atoms with Crippen molar-refractivity contribution in [3.05, 3.63) is 39.5 Å². The molecule has 1 aromatic carbocycles. The zero-order valence-corrected chi connectivity index (χ0v) is 26.1. The van der Waals surface area contributed by atoms with E-state index in [9.17, 15) is 19.6 Å². The van der Waals surface area contributed by atoms with Crippen LogP contribution in [0.3, 0.4) is 0 Å². The topological polar surface area (TPSA) is 137 Å². The summed E-state index contributed by atoms with van der Waals surface area (Å²) in [6.45, 7) is 15.4. The summed E-state index contributed by atoms with van der Waals surface area (Å²) in [5.41, 5.74) is 0.411. The van der Waals surface area contributed by atoms with Gasteiger partial charge in [0.15, 0.2) is 17.8 Å². The van der Waals surface area contributed by atoms with Gasteiger partial charge in [-0.25, -0.2) is 19.6 Å². The summed E-state index contributed by atoms with van der Waals surface area (Å²) in [7, 11) is 1.53. The van der Waals surface area contributed by atoms with Crippen LogP contribution < -0.4 is 9.64 Å². The van der Waals surface area contributed by atoms with Crippen molar-refractivity contribution in [1.29, 1.82) is 5.26 Å². The van der Waals surface area contributed by atoms with Gasteiger partial charge < -0.3 is 14.2 Å². The lowest BCUT2D eigenvalue weighted by molar-refractivity contribution is 0.0428. The molecule has 3 aromatic heterocycles. The summed E-state index contributed by atoms with van der Waals surface area (Å²) in [5.74, 6) is 0.378. The normalized spacial score (nSPS) is 11.8. The molecule has 0 aliphatic rings. The van der Waals surface area contributed by atoms with Crippen LogP contribution in [0.1, 0.15) is 73.7 Å². The van der Waals surface area contributed by atoms with Gasteiger partial charge in [0.05, 0.1) is 33.4 Å². The molecule has 0 fully saturated rings. The molecule has 0 atom stereocenters. The van der Waals surface area contributed by atoms with Crippen LogP contribution in [0.4, 0.5) is 15.4 Å². The fourth-order valence-electron chi connectivity index (χ4n) is 4.71. The quantitative estimate of drug-likeness (QED) is 0.231. The van der Waals surface area contributed by atoms with Gasteiger partial charge in [-0.2, -0.15) is 10.2 Å². The fraction of sp³-hybridized carbons (Fsp3) is 0.400. The molecule has 2 amide bonds. The lowest BCUT2D eigenvalue weighted by Crippen LogP contribution is -2.45. The lowest BCUT2D eigenvalue weighted by Gasteiger charge is -2.30. The van der Waals surface area contributed by atoms with Crippen LogP contribution in [0.25, 0.3) is 26.9 Å². The lowest BCUT2D eigenvalue weighted by atomic mass is 10.1. The van der Waals surface area contributed by atoms with E-state index in [2.05, 4.69) is 16.0 Å². The van der Waals surface area contributed by atoms with E-state index in [1.54, 1.807) is 59.1 Å². The molecule has 0 bridgehead atoms. The van der Waals surface area contributed by atoms with Crippen molar-refractivity contribution < 1.29 is 28.6 Å². The van der Waals surface area contributed by atoms with E-state index in [1.165, 1.54) is 18.4 Å². The number of benzene rings is 1. The highest BCUT2D eigenvalue weighted by molar-refractivity contribution is 7.19. The van der Waals surface area contributed by atoms with Crippen LogP contribution in [0.5, 0.6) is 5.75 Å². The number of rotatable bonds is 4. The third-order valence-corrected chi connectivity index (χ3v) is 7.14. The molecule has 0 aliphatic heterocycles. The Hall–Kier alpha value is -4.50. The van der Waals surface area contributed by atoms with Gasteiger partial charge >= 0.3 is 12.2 Å². The Bertz CT molecular complexity index is 1770. The van der Waals surface area contributed by atoms with Crippen LogP contribution in [0.2, 0.25) is 0 Å². The molecule has 220 valence electrons. The molecule has 0 unspecified atom stereocenters.